The van der Waals surface area contributed by atoms with Gasteiger partial charge in [-0.15, -0.1) is 0 Å². The third-order valence-electron chi connectivity index (χ3n) is 3.45. The Hall–Kier alpha value is -0.570. The number of nitrogens with zero attached hydrogens (tertiary/aromatic N) is 1. The highest BCUT2D eigenvalue weighted by Gasteiger charge is 2.41. The highest BCUT2D eigenvalue weighted by atomic mass is 32.1. The third kappa shape index (κ3) is 7.56. The first kappa shape index (κ1) is 24.7. The number of hydrogen-bond acceptors (Lipinski definition) is 10. The van der Waals surface area contributed by atoms with E-state index in [1.807, 2.05) is 0 Å². The number of rotatable bonds is 9. The summed E-state index contributed by atoms with van der Waals surface area (Å²) in [6, 6.07) is 0. The topological polar surface area (TPSA) is 227 Å². The van der Waals surface area contributed by atoms with Gasteiger partial charge in [0.1, 0.15) is 10.9 Å². The van der Waals surface area contributed by atoms with Crippen LogP contribution in [0, 0.1) is 4.64 Å². The molecule has 2 rings (SSSR count). The van der Waals surface area contributed by atoms with E-state index in [1.54, 1.807) is 0 Å². The third-order valence-corrected chi connectivity index (χ3v) is 7.61. The molecule has 166 valence electrons. The summed E-state index contributed by atoms with van der Waals surface area (Å²) >= 11 is 4.89. The molecule has 19 heteroatoms. The number of hydrogen-bond donors (Lipinski definition) is 6. The van der Waals surface area contributed by atoms with Gasteiger partial charge in [-0.1, -0.05) is 12.2 Å². The quantitative estimate of drug-likeness (QED) is 0.200. The molecule has 0 saturated carbocycles. The van der Waals surface area contributed by atoms with E-state index in [2.05, 4.69) is 18.1 Å². The molecule has 4 atom stereocenters. The number of aromatic amines is 1. The van der Waals surface area contributed by atoms with Gasteiger partial charge in [0.05, 0.1) is 19.3 Å². The lowest BCUT2D eigenvalue weighted by atomic mass is 10.2. The van der Waals surface area contributed by atoms with Crippen LogP contribution in [0.2, 0.25) is 0 Å². The molecule has 15 nitrogen and oxygen atoms in total. The molecule has 1 aromatic heterocycles. The zero-order chi connectivity index (χ0) is 22.0. The smallest absolute Gasteiger partial charge is 0.392 e. The highest BCUT2D eigenvalue weighted by Crippen LogP contribution is 2.66. The van der Waals surface area contributed by atoms with E-state index in [-0.39, 0.29) is 23.0 Å². The van der Waals surface area contributed by atoms with Gasteiger partial charge < -0.3 is 29.4 Å². The van der Waals surface area contributed by atoms with E-state index in [4.69, 9.17) is 31.6 Å². The zero-order valence-electron chi connectivity index (χ0n) is 14.3. The van der Waals surface area contributed by atoms with Gasteiger partial charge in [0.2, 0.25) is 0 Å². The lowest BCUT2D eigenvalue weighted by Gasteiger charge is -2.19. The van der Waals surface area contributed by atoms with Crippen molar-refractivity contribution in [1.82, 2.24) is 9.55 Å². The van der Waals surface area contributed by atoms with E-state index in [0.29, 0.717) is 0 Å². The summed E-state index contributed by atoms with van der Waals surface area (Å²) in [6.45, 7) is -1.04. The molecule has 1 aromatic rings. The Labute approximate surface area is 167 Å². The lowest BCUT2D eigenvalue weighted by molar-refractivity contribution is -0.0245. The summed E-state index contributed by atoms with van der Waals surface area (Å²) in [7, 11) is -16.3. The van der Waals surface area contributed by atoms with E-state index in [9.17, 15) is 28.5 Å². The molecule has 2 unspecified atom stereocenters. The minimum Gasteiger partial charge on any atom is -0.392 e. The van der Waals surface area contributed by atoms with Crippen molar-refractivity contribution < 1.29 is 56.3 Å². The fraction of sp³-hybridized carbons (Fsp3) is 0.600. The molecule has 0 amide bonds. The summed E-state index contributed by atoms with van der Waals surface area (Å²) < 4.78 is 51.9. The summed E-state index contributed by atoms with van der Waals surface area (Å²) in [4.78, 5) is 49.8. The molecule has 0 bridgehead atoms. The van der Waals surface area contributed by atoms with E-state index >= 15 is 0 Å². The number of aliphatic hydroxyl groups is 1. The van der Waals surface area contributed by atoms with Gasteiger partial charge in [-0.2, -0.15) is 8.62 Å². The van der Waals surface area contributed by atoms with Gasteiger partial charge in [-0.3, -0.25) is 14.1 Å². The van der Waals surface area contributed by atoms with Crippen LogP contribution in [0.1, 0.15) is 24.6 Å². The summed E-state index contributed by atoms with van der Waals surface area (Å²) in [6.07, 6.45) is 0.180. The van der Waals surface area contributed by atoms with E-state index in [0.717, 1.165) is 4.57 Å². The fourth-order valence-corrected chi connectivity index (χ4v) is 5.60. The molecule has 0 aromatic carbocycles. The fourth-order valence-electron chi connectivity index (χ4n) is 2.35. The Morgan fingerprint density at radius 3 is 2.41 bits per heavy atom. The van der Waals surface area contributed by atoms with E-state index in [1.165, 1.54) is 6.20 Å². The van der Waals surface area contributed by atoms with Crippen LogP contribution >= 0.6 is 35.7 Å². The van der Waals surface area contributed by atoms with Crippen molar-refractivity contribution in [3.63, 3.8) is 0 Å². The lowest BCUT2D eigenvalue weighted by Crippen LogP contribution is -2.28. The van der Waals surface area contributed by atoms with Crippen LogP contribution < -0.4 is 5.69 Å². The van der Waals surface area contributed by atoms with Gasteiger partial charge in [0, 0.05) is 11.8 Å². The van der Waals surface area contributed by atoms with Crippen molar-refractivity contribution in [2.45, 2.75) is 31.8 Å². The minimum absolute atomic E-state index is 0.0657. The minimum atomic E-state index is -5.60. The molecule has 1 aliphatic rings. The predicted molar refractivity (Wildman–Crippen MR) is 94.8 cm³/mol. The molecule has 0 aliphatic carbocycles. The largest absolute Gasteiger partial charge is 0.490 e. The molecule has 29 heavy (non-hydrogen) atoms. The maximum Gasteiger partial charge on any atom is 0.490 e. The molecule has 1 saturated heterocycles. The second kappa shape index (κ2) is 9.28. The first-order valence-electron chi connectivity index (χ1n) is 7.60. The van der Waals surface area contributed by atoms with Crippen LogP contribution in [0.4, 0.5) is 0 Å². The normalized spacial score (nSPS) is 24.2. The first-order valence-corrected chi connectivity index (χ1v) is 12.5. The number of aromatic nitrogens is 2. The molecule has 2 heterocycles. The maximum absolute atomic E-state index is 12.0. The SMILES string of the molecule is O=c1[nH]c(=S)c(CO)cn1[C@H]1CC[C@@H](COP(=O)(O)OP(=O)(O)OP(=O)(O)O)O1. The van der Waals surface area contributed by atoms with Crippen molar-refractivity contribution in [2.75, 3.05) is 6.61 Å². The second-order valence-corrected chi connectivity index (χ2v) is 10.5. The summed E-state index contributed by atoms with van der Waals surface area (Å²) in [5.41, 5.74) is -0.328. The maximum atomic E-state index is 12.0. The Morgan fingerprint density at radius 2 is 1.83 bits per heavy atom. The Balaban J connectivity index is 1.98. The van der Waals surface area contributed by atoms with Gasteiger partial charge in [0.25, 0.3) is 0 Å². The number of ether oxygens (including phenoxy) is 1. The highest BCUT2D eigenvalue weighted by molar-refractivity contribution is 7.71. The molecule has 0 radical (unpaired) electrons. The van der Waals surface area contributed by atoms with Crippen molar-refractivity contribution in [2.24, 2.45) is 0 Å². The van der Waals surface area contributed by atoms with Gasteiger partial charge >= 0.3 is 29.2 Å². The predicted octanol–water partition coefficient (Wildman–Crippen LogP) is 0.419. The van der Waals surface area contributed by atoms with Crippen molar-refractivity contribution >= 4 is 35.7 Å². The zero-order valence-corrected chi connectivity index (χ0v) is 17.8. The summed E-state index contributed by atoms with van der Waals surface area (Å²) in [5.74, 6) is 0. The molecule has 1 aliphatic heterocycles. The molecular formula is C10H17N2O13P3S. The summed E-state index contributed by atoms with van der Waals surface area (Å²) in [5, 5.41) is 9.23. The number of H-pyrrole nitrogens is 1. The number of aliphatic hydroxyl groups excluding tert-OH is 1. The van der Waals surface area contributed by atoms with E-state index < -0.39 is 54.7 Å². The van der Waals surface area contributed by atoms with Gasteiger partial charge in [0.15, 0.2) is 0 Å². The van der Waals surface area contributed by atoms with Crippen LogP contribution in [-0.4, -0.2) is 46.9 Å². The molecule has 1 fully saturated rings. The molecule has 6 N–H and O–H groups in total. The van der Waals surface area contributed by atoms with Crippen LogP contribution in [0.25, 0.3) is 0 Å². The Kier molecular flexibility index (Phi) is 7.91. The number of phosphoric ester groups is 1. The van der Waals surface area contributed by atoms with Crippen LogP contribution in [0.5, 0.6) is 0 Å². The van der Waals surface area contributed by atoms with Crippen molar-refractivity contribution in [1.29, 1.82) is 0 Å². The second-order valence-electron chi connectivity index (χ2n) is 5.66. The van der Waals surface area contributed by atoms with Crippen molar-refractivity contribution in [3.8, 4) is 0 Å². The monoisotopic (exact) mass is 498 g/mol. The Morgan fingerprint density at radius 1 is 1.17 bits per heavy atom. The van der Waals surface area contributed by atoms with Crippen LogP contribution in [0.15, 0.2) is 11.0 Å². The van der Waals surface area contributed by atoms with Crippen molar-refractivity contribution in [3.05, 3.63) is 26.9 Å². The number of phosphoric acid groups is 3. The first-order chi connectivity index (χ1) is 13.2. The van der Waals surface area contributed by atoms with Crippen LogP contribution in [-0.2, 0) is 38.2 Å². The van der Waals surface area contributed by atoms with Gasteiger partial charge in [-0.25, -0.2) is 18.5 Å². The average Bonchev–Trinajstić information content (AvgIpc) is 2.98. The molecular weight excluding hydrogens is 481 g/mol. The standard InChI is InChI=1S/C10H17N2O13P3S/c13-4-6-3-12(10(14)11-9(6)29)8-2-1-7(23-8)5-22-27(18,19)25-28(20,21)24-26(15,16)17/h3,7-8,13H,1-2,4-5H2,(H,18,19)(H,20,21)(H,11,14,29)(H2,15,16,17)/t7-,8+/m0/s1. The molecule has 0 spiro atoms. The van der Waals surface area contributed by atoms with Gasteiger partial charge in [-0.05, 0) is 12.8 Å². The van der Waals surface area contributed by atoms with Crippen LogP contribution in [0.3, 0.4) is 0 Å². The number of nitrogens with one attached hydrogen (secondary N) is 1. The average molecular weight is 498 g/mol. The Bertz CT molecular complexity index is 1000.